The number of nitrogens with one attached hydrogen (secondary N) is 1. The molecule has 0 aromatic carbocycles. The van der Waals surface area contributed by atoms with Crippen LogP contribution in [0.15, 0.2) is 16.7 Å². The van der Waals surface area contributed by atoms with E-state index in [1.807, 2.05) is 0 Å². The molecular formula is C11H17NO. The number of rotatable bonds is 2. The van der Waals surface area contributed by atoms with Crippen molar-refractivity contribution in [1.82, 2.24) is 5.32 Å². The highest BCUT2D eigenvalue weighted by Gasteiger charge is 2.29. The highest BCUT2D eigenvalue weighted by molar-refractivity contribution is 5.21. The van der Waals surface area contributed by atoms with Crippen LogP contribution >= 0.6 is 0 Å². The van der Waals surface area contributed by atoms with E-state index in [4.69, 9.17) is 4.42 Å². The smallest absolute Gasteiger partial charge is 0.111 e. The molecule has 2 rings (SSSR count). The molecule has 0 bridgehead atoms. The summed E-state index contributed by atoms with van der Waals surface area (Å²) in [6.45, 7) is 5.49. The first-order chi connectivity index (χ1) is 6.33. The molecule has 1 aromatic rings. The zero-order valence-electron chi connectivity index (χ0n) is 8.34. The third-order valence-corrected chi connectivity index (χ3v) is 3.03. The Labute approximate surface area is 79.3 Å². The summed E-state index contributed by atoms with van der Waals surface area (Å²) in [6, 6.07) is 2.67. The summed E-state index contributed by atoms with van der Waals surface area (Å²) in [4.78, 5) is 0. The van der Waals surface area contributed by atoms with Crippen LogP contribution in [0.25, 0.3) is 0 Å². The van der Waals surface area contributed by atoms with Gasteiger partial charge in [-0.2, -0.15) is 0 Å². The summed E-state index contributed by atoms with van der Waals surface area (Å²) in [6.07, 6.45) is 4.20. The second-order valence-electron chi connectivity index (χ2n) is 3.83. The lowest BCUT2D eigenvalue weighted by molar-refractivity contribution is 0.421. The SMILES string of the molecule is CCC1NCCC1c1occc1C. The molecule has 1 aliphatic heterocycles. The lowest BCUT2D eigenvalue weighted by Crippen LogP contribution is -2.24. The lowest BCUT2D eigenvalue weighted by atomic mass is 9.94. The zero-order chi connectivity index (χ0) is 9.26. The molecule has 2 atom stereocenters. The Hall–Kier alpha value is -0.760. The quantitative estimate of drug-likeness (QED) is 0.754. The molecule has 13 heavy (non-hydrogen) atoms. The van der Waals surface area contributed by atoms with Gasteiger partial charge in [0.1, 0.15) is 5.76 Å². The fraction of sp³-hybridized carbons (Fsp3) is 0.636. The normalized spacial score (nSPS) is 28.2. The van der Waals surface area contributed by atoms with Gasteiger partial charge in [-0.3, -0.25) is 0 Å². The minimum absolute atomic E-state index is 0.597. The van der Waals surface area contributed by atoms with Crippen LogP contribution in [0.5, 0.6) is 0 Å². The zero-order valence-corrected chi connectivity index (χ0v) is 8.34. The first kappa shape index (κ1) is 8.82. The maximum absolute atomic E-state index is 5.54. The van der Waals surface area contributed by atoms with Gasteiger partial charge < -0.3 is 9.73 Å². The molecule has 1 aromatic heterocycles. The van der Waals surface area contributed by atoms with Crippen LogP contribution in [0, 0.1) is 6.92 Å². The van der Waals surface area contributed by atoms with Crippen molar-refractivity contribution in [2.75, 3.05) is 6.54 Å². The van der Waals surface area contributed by atoms with Gasteiger partial charge in [0.2, 0.25) is 0 Å². The van der Waals surface area contributed by atoms with E-state index in [-0.39, 0.29) is 0 Å². The van der Waals surface area contributed by atoms with E-state index in [0.29, 0.717) is 12.0 Å². The second kappa shape index (κ2) is 3.54. The van der Waals surface area contributed by atoms with Gasteiger partial charge in [0.05, 0.1) is 6.26 Å². The molecule has 1 aliphatic rings. The molecule has 1 N–H and O–H groups in total. The predicted molar refractivity (Wildman–Crippen MR) is 52.9 cm³/mol. The van der Waals surface area contributed by atoms with Crippen molar-refractivity contribution in [1.29, 1.82) is 0 Å². The van der Waals surface area contributed by atoms with E-state index in [9.17, 15) is 0 Å². The molecule has 0 saturated carbocycles. The predicted octanol–water partition coefficient (Wildman–Crippen LogP) is 2.44. The van der Waals surface area contributed by atoms with E-state index in [1.165, 1.54) is 24.2 Å². The van der Waals surface area contributed by atoms with Gasteiger partial charge in [0.25, 0.3) is 0 Å². The van der Waals surface area contributed by atoms with Gasteiger partial charge in [0, 0.05) is 12.0 Å². The molecule has 2 unspecified atom stereocenters. The summed E-state index contributed by atoms with van der Waals surface area (Å²) in [5, 5.41) is 3.51. The Bertz CT molecular complexity index is 279. The van der Waals surface area contributed by atoms with Crippen molar-refractivity contribution >= 4 is 0 Å². The molecule has 2 heterocycles. The largest absolute Gasteiger partial charge is 0.469 e. The fourth-order valence-corrected chi connectivity index (χ4v) is 2.27. The van der Waals surface area contributed by atoms with Crippen LogP contribution in [0.2, 0.25) is 0 Å². The third kappa shape index (κ3) is 1.51. The van der Waals surface area contributed by atoms with Gasteiger partial charge >= 0.3 is 0 Å². The summed E-state index contributed by atoms with van der Waals surface area (Å²) < 4.78 is 5.54. The van der Waals surface area contributed by atoms with Gasteiger partial charge in [-0.1, -0.05) is 6.92 Å². The van der Waals surface area contributed by atoms with E-state index in [2.05, 4.69) is 25.2 Å². The third-order valence-electron chi connectivity index (χ3n) is 3.03. The summed E-state index contributed by atoms with van der Waals surface area (Å²) in [7, 11) is 0. The molecule has 0 radical (unpaired) electrons. The fourth-order valence-electron chi connectivity index (χ4n) is 2.27. The maximum Gasteiger partial charge on any atom is 0.111 e. The van der Waals surface area contributed by atoms with Crippen molar-refractivity contribution in [3.63, 3.8) is 0 Å². The van der Waals surface area contributed by atoms with Crippen LogP contribution < -0.4 is 5.32 Å². The topological polar surface area (TPSA) is 25.2 Å². The maximum atomic E-state index is 5.54. The molecule has 2 heteroatoms. The Morgan fingerprint density at radius 1 is 1.62 bits per heavy atom. The van der Waals surface area contributed by atoms with E-state index in [0.717, 1.165) is 6.54 Å². The Morgan fingerprint density at radius 3 is 3.08 bits per heavy atom. The highest BCUT2D eigenvalue weighted by atomic mass is 16.3. The van der Waals surface area contributed by atoms with Gasteiger partial charge in [-0.15, -0.1) is 0 Å². The molecular weight excluding hydrogens is 162 g/mol. The van der Waals surface area contributed by atoms with Crippen LogP contribution in [0.1, 0.15) is 37.0 Å². The van der Waals surface area contributed by atoms with Crippen LogP contribution in [-0.2, 0) is 0 Å². The molecule has 0 aliphatic carbocycles. The average molecular weight is 179 g/mol. The average Bonchev–Trinajstić information content (AvgIpc) is 2.71. The number of aryl methyl sites for hydroxylation is 1. The first-order valence-corrected chi connectivity index (χ1v) is 5.10. The summed E-state index contributed by atoms with van der Waals surface area (Å²) in [5.74, 6) is 1.79. The van der Waals surface area contributed by atoms with Crippen LogP contribution in [0.4, 0.5) is 0 Å². The van der Waals surface area contributed by atoms with Crippen molar-refractivity contribution in [3.8, 4) is 0 Å². The lowest BCUT2D eigenvalue weighted by Gasteiger charge is -2.16. The molecule has 1 saturated heterocycles. The Balaban J connectivity index is 2.20. The van der Waals surface area contributed by atoms with E-state index >= 15 is 0 Å². The highest BCUT2D eigenvalue weighted by Crippen LogP contribution is 2.31. The molecule has 72 valence electrons. The monoisotopic (exact) mass is 179 g/mol. The number of furan rings is 1. The van der Waals surface area contributed by atoms with E-state index < -0.39 is 0 Å². The van der Waals surface area contributed by atoms with Crippen LogP contribution in [0.3, 0.4) is 0 Å². The van der Waals surface area contributed by atoms with Crippen molar-refractivity contribution in [2.45, 2.75) is 38.6 Å². The molecule has 0 amide bonds. The van der Waals surface area contributed by atoms with E-state index in [1.54, 1.807) is 6.26 Å². The minimum atomic E-state index is 0.597. The minimum Gasteiger partial charge on any atom is -0.469 e. The Morgan fingerprint density at radius 2 is 2.46 bits per heavy atom. The van der Waals surface area contributed by atoms with Gasteiger partial charge in [-0.25, -0.2) is 0 Å². The summed E-state index contributed by atoms with van der Waals surface area (Å²) >= 11 is 0. The molecule has 0 spiro atoms. The number of hydrogen-bond acceptors (Lipinski definition) is 2. The van der Waals surface area contributed by atoms with Crippen molar-refractivity contribution < 1.29 is 4.42 Å². The van der Waals surface area contributed by atoms with Gasteiger partial charge in [0.15, 0.2) is 0 Å². The summed E-state index contributed by atoms with van der Waals surface area (Å²) in [5.41, 5.74) is 1.30. The van der Waals surface area contributed by atoms with Crippen molar-refractivity contribution in [3.05, 3.63) is 23.7 Å². The Kier molecular flexibility index (Phi) is 2.40. The standard InChI is InChI=1S/C11H17NO/c1-3-10-9(4-6-12-10)11-8(2)5-7-13-11/h5,7,9-10,12H,3-4,6H2,1-2H3. The first-order valence-electron chi connectivity index (χ1n) is 5.10. The van der Waals surface area contributed by atoms with Crippen molar-refractivity contribution in [2.24, 2.45) is 0 Å². The van der Waals surface area contributed by atoms with Crippen LogP contribution in [-0.4, -0.2) is 12.6 Å². The van der Waals surface area contributed by atoms with Gasteiger partial charge in [-0.05, 0) is 37.9 Å². The number of hydrogen-bond donors (Lipinski definition) is 1. The second-order valence-corrected chi connectivity index (χ2v) is 3.83. The molecule has 1 fully saturated rings. The molecule has 2 nitrogen and oxygen atoms in total.